The number of nitriles is 1. The number of carbonyl (C=O) groups excluding carboxylic acids is 1. The fourth-order valence-corrected chi connectivity index (χ4v) is 2.42. The summed E-state index contributed by atoms with van der Waals surface area (Å²) in [6.45, 7) is 0.710. The summed E-state index contributed by atoms with van der Waals surface area (Å²) in [7, 11) is 0. The molecule has 1 aromatic rings. The molecule has 0 saturated carbocycles. The van der Waals surface area contributed by atoms with Gasteiger partial charge in [-0.05, 0) is 24.5 Å². The van der Waals surface area contributed by atoms with E-state index in [1.807, 2.05) is 6.07 Å². The van der Waals surface area contributed by atoms with Crippen LogP contribution in [0.4, 0.5) is 0 Å². The van der Waals surface area contributed by atoms with Gasteiger partial charge in [-0.3, -0.25) is 4.79 Å². The molecule has 0 bridgehead atoms. The van der Waals surface area contributed by atoms with E-state index in [4.69, 9.17) is 16.3 Å². The van der Waals surface area contributed by atoms with Gasteiger partial charge in [0.05, 0.1) is 12.2 Å². The molecule has 1 aromatic carbocycles. The Morgan fingerprint density at radius 2 is 2.33 bits per heavy atom. The summed E-state index contributed by atoms with van der Waals surface area (Å²) in [5, 5.41) is 9.64. The number of rotatable bonds is 4. The monoisotopic (exact) mass is 263 g/mol. The molecule has 0 amide bonds. The van der Waals surface area contributed by atoms with Gasteiger partial charge >= 0.3 is 0 Å². The van der Waals surface area contributed by atoms with Crippen LogP contribution in [0, 0.1) is 11.3 Å². The molecule has 18 heavy (non-hydrogen) atoms. The van der Waals surface area contributed by atoms with Crippen molar-refractivity contribution in [1.29, 1.82) is 5.26 Å². The van der Waals surface area contributed by atoms with Crippen molar-refractivity contribution in [1.82, 2.24) is 0 Å². The third kappa shape index (κ3) is 2.90. The van der Waals surface area contributed by atoms with Crippen molar-refractivity contribution in [2.24, 2.45) is 0 Å². The lowest BCUT2D eigenvalue weighted by atomic mass is 9.92. The highest BCUT2D eigenvalue weighted by molar-refractivity contribution is 6.31. The largest absolute Gasteiger partial charge is 0.378 e. The molecule has 1 saturated heterocycles. The van der Waals surface area contributed by atoms with Crippen LogP contribution >= 0.6 is 11.6 Å². The molecule has 0 aromatic heterocycles. The molecule has 0 N–H and O–H groups in total. The molecule has 0 aliphatic carbocycles. The fraction of sp³-hybridized carbons (Fsp3) is 0.429. The molecule has 1 aliphatic rings. The van der Waals surface area contributed by atoms with Crippen molar-refractivity contribution in [3.8, 4) is 6.07 Å². The SMILES string of the molecule is N#CC(C(=O)CC1CCCO1)c1ccccc1Cl. The van der Waals surface area contributed by atoms with Crippen LogP contribution in [0.5, 0.6) is 0 Å². The fourth-order valence-electron chi connectivity index (χ4n) is 2.17. The lowest BCUT2D eigenvalue weighted by Crippen LogP contribution is -2.18. The Morgan fingerprint density at radius 3 is 2.94 bits per heavy atom. The van der Waals surface area contributed by atoms with Gasteiger partial charge in [-0.25, -0.2) is 0 Å². The van der Waals surface area contributed by atoms with E-state index in [9.17, 15) is 10.1 Å². The second kappa shape index (κ2) is 5.99. The second-order valence-electron chi connectivity index (χ2n) is 4.39. The first-order valence-corrected chi connectivity index (χ1v) is 6.38. The minimum absolute atomic E-state index is 0.0316. The van der Waals surface area contributed by atoms with Crippen LogP contribution in [0.15, 0.2) is 24.3 Å². The van der Waals surface area contributed by atoms with Crippen LogP contribution < -0.4 is 0 Å². The van der Waals surface area contributed by atoms with Crippen molar-refractivity contribution in [3.05, 3.63) is 34.9 Å². The molecule has 1 fully saturated rings. The van der Waals surface area contributed by atoms with Crippen molar-refractivity contribution in [3.63, 3.8) is 0 Å². The molecule has 0 radical (unpaired) electrons. The molecule has 3 nitrogen and oxygen atoms in total. The number of carbonyl (C=O) groups is 1. The van der Waals surface area contributed by atoms with Crippen LogP contribution in [0.25, 0.3) is 0 Å². The average molecular weight is 264 g/mol. The first-order chi connectivity index (χ1) is 8.72. The number of ether oxygens (including phenoxy) is 1. The van der Waals surface area contributed by atoms with Gasteiger partial charge in [0.25, 0.3) is 0 Å². The van der Waals surface area contributed by atoms with Gasteiger partial charge in [0.2, 0.25) is 0 Å². The highest BCUT2D eigenvalue weighted by Gasteiger charge is 2.27. The molecule has 0 spiro atoms. The number of hydrogen-bond acceptors (Lipinski definition) is 3. The van der Waals surface area contributed by atoms with E-state index in [1.165, 1.54) is 0 Å². The van der Waals surface area contributed by atoms with Crippen molar-refractivity contribution in [2.75, 3.05) is 6.61 Å². The van der Waals surface area contributed by atoms with Crippen LogP contribution in [0.1, 0.15) is 30.7 Å². The Kier molecular flexibility index (Phi) is 4.35. The Morgan fingerprint density at radius 1 is 1.56 bits per heavy atom. The molecule has 2 unspecified atom stereocenters. The van der Waals surface area contributed by atoms with E-state index >= 15 is 0 Å². The molecular weight excluding hydrogens is 250 g/mol. The van der Waals surface area contributed by atoms with Crippen LogP contribution in [0.3, 0.4) is 0 Å². The lowest BCUT2D eigenvalue weighted by molar-refractivity contribution is -0.121. The molecule has 2 atom stereocenters. The standard InChI is InChI=1S/C14H14ClNO2/c15-13-6-2-1-5-11(13)12(9-16)14(17)8-10-4-3-7-18-10/h1-2,5-6,10,12H,3-4,7-8H2. The number of ketones is 1. The minimum Gasteiger partial charge on any atom is -0.378 e. The Balaban J connectivity index is 2.11. The molecule has 1 heterocycles. The predicted octanol–water partition coefficient (Wildman–Crippen LogP) is 3.09. The van der Waals surface area contributed by atoms with Crippen molar-refractivity contribution in [2.45, 2.75) is 31.3 Å². The minimum atomic E-state index is -0.789. The number of halogens is 1. The van der Waals surface area contributed by atoms with Crippen LogP contribution in [-0.2, 0) is 9.53 Å². The maximum atomic E-state index is 12.1. The summed E-state index contributed by atoms with van der Waals surface area (Å²) in [5.74, 6) is -0.902. The summed E-state index contributed by atoms with van der Waals surface area (Å²) in [5.41, 5.74) is 0.588. The molecule has 2 rings (SSSR count). The van der Waals surface area contributed by atoms with Gasteiger partial charge in [-0.2, -0.15) is 5.26 Å². The highest BCUT2D eigenvalue weighted by atomic mass is 35.5. The smallest absolute Gasteiger partial charge is 0.157 e. The Bertz CT molecular complexity index is 475. The van der Waals surface area contributed by atoms with Crippen molar-refractivity contribution < 1.29 is 9.53 Å². The average Bonchev–Trinajstić information content (AvgIpc) is 2.85. The highest BCUT2D eigenvalue weighted by Crippen LogP contribution is 2.27. The van der Waals surface area contributed by atoms with E-state index in [1.54, 1.807) is 24.3 Å². The summed E-state index contributed by atoms with van der Waals surface area (Å²) in [6.07, 6.45) is 2.15. The van der Waals surface area contributed by atoms with Gasteiger partial charge in [0, 0.05) is 18.1 Å². The van der Waals surface area contributed by atoms with Gasteiger partial charge in [-0.15, -0.1) is 0 Å². The van der Waals surface area contributed by atoms with E-state index < -0.39 is 5.92 Å². The van der Waals surface area contributed by atoms with E-state index in [2.05, 4.69) is 0 Å². The van der Waals surface area contributed by atoms with Crippen molar-refractivity contribution >= 4 is 17.4 Å². The first-order valence-electron chi connectivity index (χ1n) is 6.00. The van der Waals surface area contributed by atoms with Gasteiger partial charge in [0.1, 0.15) is 5.92 Å². The number of hydrogen-bond donors (Lipinski definition) is 0. The molecule has 4 heteroatoms. The van der Waals surface area contributed by atoms with Crippen LogP contribution in [0.2, 0.25) is 5.02 Å². The maximum Gasteiger partial charge on any atom is 0.157 e. The molecule has 1 aliphatic heterocycles. The maximum absolute atomic E-state index is 12.1. The van der Waals surface area contributed by atoms with E-state index in [-0.39, 0.29) is 11.9 Å². The van der Waals surface area contributed by atoms with E-state index in [0.717, 1.165) is 12.8 Å². The normalized spacial score (nSPS) is 20.3. The summed E-state index contributed by atoms with van der Waals surface area (Å²) in [4.78, 5) is 12.1. The number of nitrogens with zero attached hydrogens (tertiary/aromatic N) is 1. The third-order valence-electron chi connectivity index (χ3n) is 3.12. The van der Waals surface area contributed by atoms with Gasteiger partial charge < -0.3 is 4.74 Å². The second-order valence-corrected chi connectivity index (χ2v) is 4.80. The lowest BCUT2D eigenvalue weighted by Gasteiger charge is -2.13. The number of Topliss-reactive ketones (excluding diaryl/α,β-unsaturated/α-hetero) is 1. The Labute approximate surface area is 111 Å². The number of benzene rings is 1. The zero-order chi connectivity index (χ0) is 13.0. The first kappa shape index (κ1) is 13.1. The molecular formula is C14H14ClNO2. The van der Waals surface area contributed by atoms with Crippen LogP contribution in [-0.4, -0.2) is 18.5 Å². The quantitative estimate of drug-likeness (QED) is 0.839. The van der Waals surface area contributed by atoms with Gasteiger partial charge in [0.15, 0.2) is 5.78 Å². The summed E-state index contributed by atoms with van der Waals surface area (Å²) >= 11 is 6.02. The topological polar surface area (TPSA) is 50.1 Å². The third-order valence-corrected chi connectivity index (χ3v) is 3.46. The van der Waals surface area contributed by atoms with E-state index in [0.29, 0.717) is 23.6 Å². The predicted molar refractivity (Wildman–Crippen MR) is 68.4 cm³/mol. The zero-order valence-corrected chi connectivity index (χ0v) is 10.7. The summed E-state index contributed by atoms with van der Waals surface area (Å²) < 4.78 is 5.42. The zero-order valence-electron chi connectivity index (χ0n) is 9.93. The van der Waals surface area contributed by atoms with Gasteiger partial charge in [-0.1, -0.05) is 29.8 Å². The molecule has 94 valence electrons. The Hall–Kier alpha value is -1.37. The summed E-state index contributed by atoms with van der Waals surface area (Å²) in [6, 6.07) is 9.03.